The SMILES string of the molecule is C=CC/C=C(\N=C(C)n1c2c(c3ccccc31)CCC=C2)n1c2c#cccc2c2ccccc21. The van der Waals surface area contributed by atoms with Crippen LogP contribution < -0.4 is 0 Å². The van der Waals surface area contributed by atoms with Gasteiger partial charge in [0.1, 0.15) is 17.2 Å². The van der Waals surface area contributed by atoms with Gasteiger partial charge < -0.3 is 0 Å². The van der Waals surface area contributed by atoms with Gasteiger partial charge >= 0.3 is 0 Å². The number of nitrogens with zero attached hydrogens (tertiary/aromatic N) is 3. The highest BCUT2D eigenvalue weighted by Gasteiger charge is 2.19. The molecular weight excluding hydrogens is 414 g/mol. The molecule has 0 unspecified atom stereocenters. The summed E-state index contributed by atoms with van der Waals surface area (Å²) >= 11 is 0. The number of para-hydroxylation sites is 2. The first kappa shape index (κ1) is 20.3. The van der Waals surface area contributed by atoms with Crippen LogP contribution in [0.5, 0.6) is 0 Å². The highest BCUT2D eigenvalue weighted by Crippen LogP contribution is 2.33. The molecule has 3 nitrogen and oxygen atoms in total. The normalized spacial score (nSPS) is 14.0. The van der Waals surface area contributed by atoms with E-state index in [9.17, 15) is 0 Å². The van der Waals surface area contributed by atoms with E-state index in [0.29, 0.717) is 0 Å². The van der Waals surface area contributed by atoms with Crippen LogP contribution in [0.4, 0.5) is 0 Å². The van der Waals surface area contributed by atoms with Crippen molar-refractivity contribution in [3.8, 4) is 0 Å². The maximum atomic E-state index is 5.25. The molecule has 34 heavy (non-hydrogen) atoms. The highest BCUT2D eigenvalue weighted by molar-refractivity contribution is 6.10. The number of hydrogen-bond acceptors (Lipinski definition) is 1. The van der Waals surface area contributed by atoms with Crippen molar-refractivity contribution < 1.29 is 0 Å². The number of aryl methyl sites for hydroxylation is 1. The third-order valence-electron chi connectivity index (χ3n) is 6.59. The average molecular weight is 440 g/mol. The first-order valence-corrected chi connectivity index (χ1v) is 11.8. The Morgan fingerprint density at radius 2 is 1.76 bits per heavy atom. The zero-order valence-corrected chi connectivity index (χ0v) is 19.3. The van der Waals surface area contributed by atoms with Crippen LogP contribution in [0.3, 0.4) is 0 Å². The lowest BCUT2D eigenvalue weighted by Crippen LogP contribution is -2.12. The standard InChI is InChI=1S/C31H25N3/c1-3-4-21-31(34-29-19-11-7-15-25(29)26-16-8-12-20-30(26)34)32-22(2)33-27-17-9-5-13-23(27)24-14-6-10-18-28(24)33/h3,5,7-11,13,15-19,21H,1,4,6,14H2,2H3/b31-21+,32-22?. The predicted molar refractivity (Wildman–Crippen MR) is 144 cm³/mol. The van der Waals surface area contributed by atoms with Crippen LogP contribution in [0.1, 0.15) is 31.0 Å². The van der Waals surface area contributed by atoms with E-state index in [4.69, 9.17) is 4.99 Å². The van der Waals surface area contributed by atoms with Crippen LogP contribution in [-0.4, -0.2) is 15.0 Å². The molecule has 2 aromatic heterocycles. The molecule has 2 heterocycles. The lowest BCUT2D eigenvalue weighted by atomic mass is 10.0. The number of allylic oxidation sites excluding steroid dienone is 3. The summed E-state index contributed by atoms with van der Waals surface area (Å²) in [4.78, 5) is 5.25. The second-order valence-corrected chi connectivity index (χ2v) is 8.62. The Bertz CT molecular complexity index is 1600. The van der Waals surface area contributed by atoms with E-state index >= 15 is 0 Å². The lowest BCUT2D eigenvalue weighted by Gasteiger charge is -2.14. The number of aromatic nitrogens is 2. The summed E-state index contributed by atoms with van der Waals surface area (Å²) < 4.78 is 4.49. The minimum atomic E-state index is 0.723. The van der Waals surface area contributed by atoms with Gasteiger partial charge in [0.25, 0.3) is 0 Å². The molecule has 1 aliphatic carbocycles. The fourth-order valence-corrected chi connectivity index (χ4v) is 5.16. The van der Waals surface area contributed by atoms with E-state index in [1.54, 1.807) is 0 Å². The van der Waals surface area contributed by atoms with Crippen molar-refractivity contribution in [3.63, 3.8) is 0 Å². The smallest absolute Gasteiger partial charge is 0.136 e. The molecule has 164 valence electrons. The minimum absolute atomic E-state index is 0.723. The highest BCUT2D eigenvalue weighted by atomic mass is 15.2. The lowest BCUT2D eigenvalue weighted by molar-refractivity contribution is 0.976. The summed E-state index contributed by atoms with van der Waals surface area (Å²) in [5.74, 6) is 1.80. The Kier molecular flexibility index (Phi) is 4.93. The fraction of sp³-hybridized carbons (Fsp3) is 0.129. The zero-order chi connectivity index (χ0) is 23.1. The van der Waals surface area contributed by atoms with Crippen molar-refractivity contribution in [1.29, 1.82) is 0 Å². The molecule has 0 bridgehead atoms. The van der Waals surface area contributed by atoms with Crippen molar-refractivity contribution in [1.82, 2.24) is 9.13 Å². The molecule has 0 amide bonds. The number of hydrogen-bond donors (Lipinski definition) is 0. The van der Waals surface area contributed by atoms with Crippen molar-refractivity contribution in [2.24, 2.45) is 4.99 Å². The Morgan fingerprint density at radius 1 is 1.00 bits per heavy atom. The van der Waals surface area contributed by atoms with Gasteiger partial charge in [0, 0.05) is 16.2 Å². The first-order chi connectivity index (χ1) is 16.8. The Morgan fingerprint density at radius 3 is 2.59 bits per heavy atom. The van der Waals surface area contributed by atoms with E-state index in [-0.39, 0.29) is 0 Å². The summed E-state index contributed by atoms with van der Waals surface area (Å²) in [5.41, 5.74) is 5.93. The minimum Gasteiger partial charge on any atom is -0.298 e. The van der Waals surface area contributed by atoms with Crippen molar-refractivity contribution in [2.75, 3.05) is 0 Å². The maximum absolute atomic E-state index is 5.25. The molecular formula is C31H25N3. The van der Waals surface area contributed by atoms with Gasteiger partial charge in [-0.05, 0) is 74.2 Å². The predicted octanol–water partition coefficient (Wildman–Crippen LogP) is 7.65. The molecule has 0 saturated carbocycles. The van der Waals surface area contributed by atoms with Crippen LogP contribution in [0.2, 0.25) is 0 Å². The molecule has 0 aliphatic heterocycles. The Labute approximate surface area is 199 Å². The maximum Gasteiger partial charge on any atom is 0.136 e. The number of benzene rings is 2. The largest absolute Gasteiger partial charge is 0.298 e. The van der Waals surface area contributed by atoms with Crippen LogP contribution in [0, 0.1) is 12.1 Å². The third kappa shape index (κ3) is 3.11. The molecule has 0 spiro atoms. The molecule has 0 N–H and O–H groups in total. The summed E-state index contributed by atoms with van der Waals surface area (Å²) in [6.07, 6.45) is 11.4. The molecule has 5 aromatic rings. The summed E-state index contributed by atoms with van der Waals surface area (Å²) in [6, 6.07) is 27.6. The molecule has 3 aromatic carbocycles. The van der Waals surface area contributed by atoms with E-state index in [1.165, 1.54) is 27.5 Å². The second kappa shape index (κ2) is 8.24. The van der Waals surface area contributed by atoms with E-state index in [2.05, 4.69) is 108 Å². The molecule has 1 aliphatic rings. The van der Waals surface area contributed by atoms with E-state index in [0.717, 1.165) is 47.3 Å². The molecule has 0 fully saturated rings. The molecule has 0 saturated heterocycles. The van der Waals surface area contributed by atoms with Gasteiger partial charge in [-0.3, -0.25) is 9.13 Å². The summed E-state index contributed by atoms with van der Waals surface area (Å²) in [7, 11) is 0. The number of rotatable bonds is 4. The van der Waals surface area contributed by atoms with Crippen LogP contribution in [0.25, 0.3) is 44.6 Å². The van der Waals surface area contributed by atoms with E-state index < -0.39 is 0 Å². The van der Waals surface area contributed by atoms with Gasteiger partial charge in [-0.25, -0.2) is 4.99 Å². The topological polar surface area (TPSA) is 22.2 Å². The monoisotopic (exact) mass is 439 g/mol. The zero-order valence-electron chi connectivity index (χ0n) is 19.3. The van der Waals surface area contributed by atoms with Crippen LogP contribution in [-0.2, 0) is 6.42 Å². The van der Waals surface area contributed by atoms with Gasteiger partial charge in [0.2, 0.25) is 0 Å². The molecule has 6 rings (SSSR count). The number of fused-ring (bicyclic) bond motifs is 6. The van der Waals surface area contributed by atoms with Crippen molar-refractivity contribution in [3.05, 3.63) is 109 Å². The third-order valence-corrected chi connectivity index (χ3v) is 6.59. The fourth-order valence-electron chi connectivity index (χ4n) is 5.16. The Hall–Kier alpha value is -4.29. The second-order valence-electron chi connectivity index (χ2n) is 8.62. The quantitative estimate of drug-likeness (QED) is 0.156. The van der Waals surface area contributed by atoms with Gasteiger partial charge in [-0.15, -0.1) is 6.58 Å². The van der Waals surface area contributed by atoms with Gasteiger partial charge in [-0.2, -0.15) is 0 Å². The van der Waals surface area contributed by atoms with E-state index in [1.807, 2.05) is 12.1 Å². The molecule has 0 atom stereocenters. The number of aliphatic imine (C=N–C) groups is 1. The van der Waals surface area contributed by atoms with Crippen LogP contribution in [0.15, 0.2) is 90.5 Å². The van der Waals surface area contributed by atoms with Crippen molar-refractivity contribution >= 4 is 50.4 Å². The first-order valence-electron chi connectivity index (χ1n) is 11.8. The summed E-state index contributed by atoms with van der Waals surface area (Å²) in [5, 5.41) is 3.65. The molecule has 3 heteroatoms. The van der Waals surface area contributed by atoms with Gasteiger partial charge in [-0.1, -0.05) is 54.6 Å². The van der Waals surface area contributed by atoms with Crippen molar-refractivity contribution in [2.45, 2.75) is 26.2 Å². The van der Waals surface area contributed by atoms with Gasteiger partial charge in [0.05, 0.1) is 16.7 Å². The summed E-state index contributed by atoms with van der Waals surface area (Å²) in [6.45, 7) is 6.03. The molecule has 0 radical (unpaired) electrons. The van der Waals surface area contributed by atoms with Crippen LogP contribution >= 0.6 is 0 Å². The van der Waals surface area contributed by atoms with Gasteiger partial charge in [0.15, 0.2) is 0 Å². The Balaban J connectivity index is 1.61. The average Bonchev–Trinajstić information content (AvgIpc) is 3.40.